The van der Waals surface area contributed by atoms with Gasteiger partial charge >= 0.3 is 0 Å². The molecule has 0 aliphatic rings. The zero-order valence-corrected chi connectivity index (χ0v) is 18.1. The van der Waals surface area contributed by atoms with Crippen molar-refractivity contribution in [3.63, 3.8) is 0 Å². The summed E-state index contributed by atoms with van der Waals surface area (Å²) in [7, 11) is 0. The van der Waals surface area contributed by atoms with Crippen LogP contribution in [0.4, 0.5) is 0 Å². The third kappa shape index (κ3) is 9.00. The van der Waals surface area contributed by atoms with Gasteiger partial charge in [-0.15, -0.1) is 0 Å². The van der Waals surface area contributed by atoms with Gasteiger partial charge in [-0.2, -0.15) is 0 Å². The van der Waals surface area contributed by atoms with Gasteiger partial charge in [-0.3, -0.25) is 14.4 Å². The monoisotopic (exact) mass is 424 g/mol. The Morgan fingerprint density at radius 3 is 2.00 bits per heavy atom. The van der Waals surface area contributed by atoms with Crippen LogP contribution in [-0.2, 0) is 27.3 Å². The van der Waals surface area contributed by atoms with Crippen LogP contribution < -0.4 is 21.7 Å². The van der Waals surface area contributed by atoms with Crippen LogP contribution in [0.1, 0.15) is 31.4 Å². The first-order valence-electron chi connectivity index (χ1n) is 10.5. The fraction of sp³-hybridized carbons (Fsp3) is 0.375. The van der Waals surface area contributed by atoms with Crippen molar-refractivity contribution < 1.29 is 14.4 Å². The normalized spacial score (nSPS) is 12.6. The lowest BCUT2D eigenvalue weighted by atomic mass is 10.0. The average Bonchev–Trinajstić information content (AvgIpc) is 2.76. The van der Waals surface area contributed by atoms with Crippen molar-refractivity contribution in [2.24, 2.45) is 11.7 Å². The van der Waals surface area contributed by atoms with E-state index in [-0.39, 0.29) is 24.3 Å². The average molecular weight is 425 g/mol. The van der Waals surface area contributed by atoms with Gasteiger partial charge in [-0.1, -0.05) is 74.5 Å². The second kappa shape index (κ2) is 12.5. The van der Waals surface area contributed by atoms with Crippen LogP contribution in [0.25, 0.3) is 0 Å². The fourth-order valence-corrected chi connectivity index (χ4v) is 3.13. The molecule has 0 saturated heterocycles. The van der Waals surface area contributed by atoms with Crippen LogP contribution in [0.2, 0.25) is 0 Å². The molecule has 166 valence electrons. The fourth-order valence-electron chi connectivity index (χ4n) is 3.13. The molecule has 2 atom stereocenters. The second-order valence-electron chi connectivity index (χ2n) is 7.97. The Kier molecular flexibility index (Phi) is 9.71. The lowest BCUT2D eigenvalue weighted by Gasteiger charge is -2.19. The van der Waals surface area contributed by atoms with Gasteiger partial charge in [-0.05, 0) is 23.5 Å². The maximum absolute atomic E-state index is 12.8. The zero-order valence-electron chi connectivity index (χ0n) is 18.1. The maximum Gasteiger partial charge on any atom is 0.243 e. The molecule has 2 aromatic carbocycles. The minimum Gasteiger partial charge on any atom is -0.350 e. The summed E-state index contributed by atoms with van der Waals surface area (Å²) in [5, 5.41) is 8.14. The van der Waals surface area contributed by atoms with Crippen molar-refractivity contribution in [1.82, 2.24) is 16.0 Å². The summed E-state index contributed by atoms with van der Waals surface area (Å²) in [4.78, 5) is 37.3. The predicted molar refractivity (Wildman–Crippen MR) is 121 cm³/mol. The number of nitrogens with two attached hydrogens (primary N) is 1. The van der Waals surface area contributed by atoms with Crippen molar-refractivity contribution in [2.45, 2.75) is 45.3 Å². The third-order valence-electron chi connectivity index (χ3n) is 4.73. The largest absolute Gasteiger partial charge is 0.350 e. The highest BCUT2D eigenvalue weighted by Crippen LogP contribution is 2.05. The predicted octanol–water partition coefficient (Wildman–Crippen LogP) is 1.52. The van der Waals surface area contributed by atoms with E-state index in [0.717, 1.165) is 11.1 Å². The Labute approximate surface area is 183 Å². The number of hydrogen-bond donors (Lipinski definition) is 4. The van der Waals surface area contributed by atoms with E-state index in [4.69, 9.17) is 5.73 Å². The smallest absolute Gasteiger partial charge is 0.243 e. The molecule has 0 radical (unpaired) electrons. The Morgan fingerprint density at radius 1 is 0.839 bits per heavy atom. The van der Waals surface area contributed by atoms with E-state index in [0.29, 0.717) is 19.4 Å². The number of hydrogen-bond acceptors (Lipinski definition) is 4. The summed E-state index contributed by atoms with van der Waals surface area (Å²) in [5.41, 5.74) is 7.73. The quantitative estimate of drug-likeness (QED) is 0.438. The van der Waals surface area contributed by atoms with Crippen LogP contribution in [0.3, 0.4) is 0 Å². The number of rotatable bonds is 11. The van der Waals surface area contributed by atoms with E-state index in [1.54, 1.807) is 0 Å². The van der Waals surface area contributed by atoms with Gasteiger partial charge in [0.1, 0.15) is 6.04 Å². The molecule has 0 aliphatic carbocycles. The maximum atomic E-state index is 12.8. The molecular weight excluding hydrogens is 392 g/mol. The van der Waals surface area contributed by atoms with Crippen LogP contribution in [0, 0.1) is 5.92 Å². The van der Waals surface area contributed by atoms with Crippen molar-refractivity contribution in [2.75, 3.05) is 6.54 Å². The minimum atomic E-state index is -0.764. The van der Waals surface area contributed by atoms with Crippen molar-refractivity contribution >= 4 is 17.7 Å². The molecule has 3 amide bonds. The van der Waals surface area contributed by atoms with Crippen LogP contribution >= 0.6 is 0 Å². The number of nitrogens with one attached hydrogen (secondary N) is 3. The van der Waals surface area contributed by atoms with Crippen LogP contribution in [0.5, 0.6) is 0 Å². The van der Waals surface area contributed by atoms with Crippen LogP contribution in [0.15, 0.2) is 60.7 Å². The summed E-state index contributed by atoms with van der Waals surface area (Å²) >= 11 is 0. The van der Waals surface area contributed by atoms with Crippen LogP contribution in [-0.4, -0.2) is 36.3 Å². The van der Waals surface area contributed by atoms with E-state index in [1.165, 1.54) is 0 Å². The molecule has 0 fully saturated rings. The van der Waals surface area contributed by atoms with Gasteiger partial charge in [0.2, 0.25) is 17.7 Å². The number of carbonyl (C=O) groups is 3. The van der Waals surface area contributed by atoms with Gasteiger partial charge in [0.05, 0.1) is 12.6 Å². The van der Waals surface area contributed by atoms with E-state index in [2.05, 4.69) is 16.0 Å². The van der Waals surface area contributed by atoms with Gasteiger partial charge in [-0.25, -0.2) is 0 Å². The first kappa shape index (κ1) is 24.1. The summed E-state index contributed by atoms with van der Waals surface area (Å²) in [6.07, 6.45) is 0.875. The minimum absolute atomic E-state index is 0.234. The molecule has 0 aliphatic heterocycles. The highest BCUT2D eigenvalue weighted by atomic mass is 16.2. The van der Waals surface area contributed by atoms with Gasteiger partial charge in [0.15, 0.2) is 0 Å². The molecule has 0 bridgehead atoms. The number of amides is 3. The van der Waals surface area contributed by atoms with E-state index >= 15 is 0 Å². The van der Waals surface area contributed by atoms with Crippen molar-refractivity contribution in [3.05, 3.63) is 71.8 Å². The van der Waals surface area contributed by atoms with Crippen molar-refractivity contribution in [3.8, 4) is 0 Å². The summed E-state index contributed by atoms with van der Waals surface area (Å²) < 4.78 is 0. The first-order chi connectivity index (χ1) is 14.8. The highest BCUT2D eigenvalue weighted by Gasteiger charge is 2.22. The molecule has 31 heavy (non-hydrogen) atoms. The number of benzene rings is 2. The van der Waals surface area contributed by atoms with Gasteiger partial charge in [0.25, 0.3) is 0 Å². The molecular formula is C24H32N4O3. The molecule has 7 heteroatoms. The molecule has 0 aromatic heterocycles. The zero-order chi connectivity index (χ0) is 22.6. The summed E-state index contributed by atoms with van der Waals surface area (Å²) in [6.45, 7) is 4.08. The standard InChI is InChI=1S/C24H32N4O3/c1-17(2)13-20(25)23(30)27-16-22(29)28-21(14-18-9-5-3-6-10-18)24(31)26-15-19-11-7-4-8-12-19/h3-12,17,20-21H,13-16,25H2,1-2H3,(H,26,31)(H,27,30)(H,28,29)/t20-,21+/m1/s1. The Morgan fingerprint density at radius 2 is 1.42 bits per heavy atom. The lowest BCUT2D eigenvalue weighted by Crippen LogP contribution is -2.51. The number of carbonyl (C=O) groups excluding carboxylic acids is 3. The molecule has 2 aromatic rings. The molecule has 2 rings (SSSR count). The molecule has 5 N–H and O–H groups in total. The Bertz CT molecular complexity index is 840. The molecule has 7 nitrogen and oxygen atoms in total. The molecule has 0 spiro atoms. The first-order valence-corrected chi connectivity index (χ1v) is 10.5. The lowest BCUT2D eigenvalue weighted by molar-refractivity contribution is -0.130. The van der Waals surface area contributed by atoms with E-state index < -0.39 is 18.0 Å². The Balaban J connectivity index is 1.95. The van der Waals surface area contributed by atoms with Gasteiger partial charge < -0.3 is 21.7 Å². The van der Waals surface area contributed by atoms with E-state index in [9.17, 15) is 14.4 Å². The summed E-state index contributed by atoms with van der Waals surface area (Å²) in [5.74, 6) is -0.833. The van der Waals surface area contributed by atoms with Gasteiger partial charge in [0, 0.05) is 13.0 Å². The summed E-state index contributed by atoms with van der Waals surface area (Å²) in [6, 6.07) is 17.6. The Hall–Kier alpha value is -3.19. The topological polar surface area (TPSA) is 113 Å². The third-order valence-corrected chi connectivity index (χ3v) is 4.73. The van der Waals surface area contributed by atoms with E-state index in [1.807, 2.05) is 74.5 Å². The highest BCUT2D eigenvalue weighted by molar-refractivity contribution is 5.91. The SMILES string of the molecule is CC(C)C[C@@H](N)C(=O)NCC(=O)N[C@@H](Cc1ccccc1)C(=O)NCc1ccccc1. The molecule has 0 saturated carbocycles. The van der Waals surface area contributed by atoms with Crippen molar-refractivity contribution in [1.29, 1.82) is 0 Å². The molecule has 0 heterocycles. The second-order valence-corrected chi connectivity index (χ2v) is 7.97. The molecule has 0 unspecified atom stereocenters.